The van der Waals surface area contributed by atoms with E-state index in [1.807, 2.05) is 13.8 Å². The lowest BCUT2D eigenvalue weighted by Crippen LogP contribution is -2.29. The molecule has 1 rings (SSSR count). The highest BCUT2D eigenvalue weighted by Gasteiger charge is 2.08. The highest BCUT2D eigenvalue weighted by atomic mass is 14.7. The average Bonchev–Trinajstić information content (AvgIpc) is 2.13. The summed E-state index contributed by atoms with van der Waals surface area (Å²) in [6.45, 7) is 12.3. The summed E-state index contributed by atoms with van der Waals surface area (Å²) in [6.07, 6.45) is 0. The minimum atomic E-state index is -0.434. The van der Waals surface area contributed by atoms with Crippen LogP contribution in [0.4, 0.5) is 0 Å². The molecule has 1 aromatic carbocycles. The van der Waals surface area contributed by atoms with Crippen molar-refractivity contribution in [1.82, 2.24) is 0 Å². The summed E-state index contributed by atoms with van der Waals surface area (Å²) in [5, 5.41) is 0. The highest BCUT2D eigenvalue weighted by Crippen LogP contribution is 2.20. The molecule has 0 bridgehead atoms. The first-order chi connectivity index (χ1) is 7.22. The maximum atomic E-state index is 5.89. The molecule has 0 saturated heterocycles. The van der Waals surface area contributed by atoms with Gasteiger partial charge in [0.15, 0.2) is 0 Å². The van der Waals surface area contributed by atoms with Crippen LogP contribution in [0.15, 0.2) is 6.07 Å². The molecule has 86 valence electrons. The van der Waals surface area contributed by atoms with E-state index < -0.39 is 5.54 Å². The molecule has 0 saturated carbocycles. The van der Waals surface area contributed by atoms with Gasteiger partial charge in [-0.2, -0.15) is 0 Å². The van der Waals surface area contributed by atoms with E-state index in [0.717, 1.165) is 5.56 Å². The smallest absolute Gasteiger partial charge is 0.0722 e. The van der Waals surface area contributed by atoms with Crippen molar-refractivity contribution in [1.29, 1.82) is 0 Å². The molecule has 0 amide bonds. The second kappa shape index (κ2) is 4.31. The summed E-state index contributed by atoms with van der Waals surface area (Å²) in [6, 6.07) is 2.21. The molecule has 0 aliphatic heterocycles. The maximum Gasteiger partial charge on any atom is 0.0722 e. The quantitative estimate of drug-likeness (QED) is 0.661. The second-order valence-electron chi connectivity index (χ2n) is 5.11. The van der Waals surface area contributed by atoms with Crippen molar-refractivity contribution in [3.05, 3.63) is 33.9 Å². The summed E-state index contributed by atoms with van der Waals surface area (Å²) in [5.41, 5.74) is 11.7. The van der Waals surface area contributed by atoms with E-state index in [0.29, 0.717) is 0 Å². The number of nitrogens with two attached hydrogens (primary N) is 1. The number of benzene rings is 1. The van der Waals surface area contributed by atoms with E-state index in [1.54, 1.807) is 0 Å². The third-order valence-corrected chi connectivity index (χ3v) is 2.88. The molecular weight excluding hydrogens is 194 g/mol. The fraction of sp³-hybridized carbons (Fsp3) is 0.467. The van der Waals surface area contributed by atoms with Gasteiger partial charge < -0.3 is 5.73 Å². The molecule has 1 aromatic rings. The molecule has 0 aliphatic rings. The number of hydrogen-bond acceptors (Lipinski definition) is 1. The Morgan fingerprint density at radius 1 is 1.00 bits per heavy atom. The van der Waals surface area contributed by atoms with Crippen molar-refractivity contribution in [3.8, 4) is 11.8 Å². The zero-order valence-corrected chi connectivity index (χ0v) is 11.2. The Morgan fingerprint density at radius 2 is 1.44 bits per heavy atom. The molecule has 0 atom stereocenters. The van der Waals surface area contributed by atoms with E-state index in [1.165, 1.54) is 22.3 Å². The zero-order valence-electron chi connectivity index (χ0n) is 11.2. The molecule has 0 aromatic heterocycles. The van der Waals surface area contributed by atoms with Crippen LogP contribution in [0.1, 0.15) is 41.7 Å². The zero-order chi connectivity index (χ0) is 12.5. The largest absolute Gasteiger partial charge is 0.316 e. The topological polar surface area (TPSA) is 26.0 Å². The third kappa shape index (κ3) is 2.87. The summed E-state index contributed by atoms with van der Waals surface area (Å²) in [5.74, 6) is 6.33. The van der Waals surface area contributed by atoms with Gasteiger partial charge in [-0.15, -0.1) is 0 Å². The van der Waals surface area contributed by atoms with Crippen molar-refractivity contribution in [3.63, 3.8) is 0 Å². The fourth-order valence-corrected chi connectivity index (χ4v) is 1.63. The highest BCUT2D eigenvalue weighted by molar-refractivity contribution is 5.53. The summed E-state index contributed by atoms with van der Waals surface area (Å²) in [7, 11) is 0. The molecule has 16 heavy (non-hydrogen) atoms. The van der Waals surface area contributed by atoms with Crippen LogP contribution in [-0.4, -0.2) is 5.54 Å². The van der Waals surface area contributed by atoms with E-state index >= 15 is 0 Å². The second-order valence-corrected chi connectivity index (χ2v) is 5.11. The number of aryl methyl sites for hydroxylation is 2. The van der Waals surface area contributed by atoms with E-state index in [2.05, 4.69) is 45.6 Å². The molecule has 2 N–H and O–H groups in total. The van der Waals surface area contributed by atoms with Gasteiger partial charge in [-0.3, -0.25) is 0 Å². The third-order valence-electron chi connectivity index (χ3n) is 2.88. The monoisotopic (exact) mass is 215 g/mol. The first-order valence-electron chi connectivity index (χ1n) is 5.62. The Labute approximate surface area is 99.1 Å². The van der Waals surface area contributed by atoms with Crippen molar-refractivity contribution < 1.29 is 0 Å². The van der Waals surface area contributed by atoms with Crippen LogP contribution in [0.2, 0.25) is 0 Å². The van der Waals surface area contributed by atoms with Gasteiger partial charge in [0, 0.05) is 5.56 Å². The number of hydrogen-bond donors (Lipinski definition) is 1. The van der Waals surface area contributed by atoms with E-state index in [-0.39, 0.29) is 0 Å². The predicted octanol–water partition coefficient (Wildman–Crippen LogP) is 3.01. The van der Waals surface area contributed by atoms with Crippen LogP contribution in [0.5, 0.6) is 0 Å². The molecule has 0 heterocycles. The first kappa shape index (κ1) is 12.8. The van der Waals surface area contributed by atoms with Gasteiger partial charge >= 0.3 is 0 Å². The van der Waals surface area contributed by atoms with Crippen LogP contribution in [0.25, 0.3) is 0 Å². The van der Waals surface area contributed by atoms with Crippen molar-refractivity contribution in [2.45, 2.75) is 47.1 Å². The van der Waals surface area contributed by atoms with Gasteiger partial charge in [0.1, 0.15) is 0 Å². The van der Waals surface area contributed by atoms with Gasteiger partial charge in [0.05, 0.1) is 5.54 Å². The lowest BCUT2D eigenvalue weighted by Gasteiger charge is -2.12. The normalized spacial score (nSPS) is 10.9. The SMILES string of the molecule is Cc1cc(C)c(C)c(C#CC(C)(C)N)c1C. The summed E-state index contributed by atoms with van der Waals surface area (Å²) < 4.78 is 0. The molecule has 0 unspecified atom stereocenters. The van der Waals surface area contributed by atoms with Gasteiger partial charge in [0.2, 0.25) is 0 Å². The summed E-state index contributed by atoms with van der Waals surface area (Å²) >= 11 is 0. The first-order valence-corrected chi connectivity index (χ1v) is 5.62. The van der Waals surface area contributed by atoms with Crippen LogP contribution < -0.4 is 5.73 Å². The van der Waals surface area contributed by atoms with Gasteiger partial charge in [0.25, 0.3) is 0 Å². The van der Waals surface area contributed by atoms with Crippen LogP contribution in [0, 0.1) is 39.5 Å². The van der Waals surface area contributed by atoms with Crippen molar-refractivity contribution in [2.75, 3.05) is 0 Å². The van der Waals surface area contributed by atoms with Crippen molar-refractivity contribution in [2.24, 2.45) is 5.73 Å². The minimum absolute atomic E-state index is 0.434. The van der Waals surface area contributed by atoms with E-state index in [4.69, 9.17) is 5.73 Å². The van der Waals surface area contributed by atoms with Gasteiger partial charge in [-0.1, -0.05) is 17.9 Å². The Balaban J connectivity index is 3.38. The standard InChI is InChI=1S/C15H21N/c1-10-9-11(2)13(4)14(12(10)3)7-8-15(5,6)16/h9H,16H2,1-6H3. The Hall–Kier alpha value is -1.26. The van der Waals surface area contributed by atoms with Gasteiger partial charge in [-0.25, -0.2) is 0 Å². The molecule has 0 spiro atoms. The molecular formula is C15H21N. The van der Waals surface area contributed by atoms with Crippen LogP contribution in [0.3, 0.4) is 0 Å². The average molecular weight is 215 g/mol. The predicted molar refractivity (Wildman–Crippen MR) is 70.5 cm³/mol. The van der Waals surface area contributed by atoms with Crippen LogP contribution in [-0.2, 0) is 0 Å². The van der Waals surface area contributed by atoms with Crippen LogP contribution >= 0.6 is 0 Å². The van der Waals surface area contributed by atoms with Crippen molar-refractivity contribution >= 4 is 0 Å². The lowest BCUT2D eigenvalue weighted by molar-refractivity contribution is 0.680. The Bertz CT molecular complexity index is 439. The number of rotatable bonds is 0. The maximum absolute atomic E-state index is 5.89. The molecule has 0 aliphatic carbocycles. The summed E-state index contributed by atoms with van der Waals surface area (Å²) in [4.78, 5) is 0. The minimum Gasteiger partial charge on any atom is -0.316 e. The molecule has 0 fully saturated rings. The molecule has 0 radical (unpaired) electrons. The Morgan fingerprint density at radius 3 is 1.81 bits per heavy atom. The molecule has 1 nitrogen and oxygen atoms in total. The molecule has 1 heteroatoms. The Kier molecular flexibility index (Phi) is 3.45. The van der Waals surface area contributed by atoms with Gasteiger partial charge in [-0.05, 0) is 63.8 Å². The van der Waals surface area contributed by atoms with E-state index in [9.17, 15) is 0 Å². The lowest BCUT2D eigenvalue weighted by atomic mass is 9.94. The fourth-order valence-electron chi connectivity index (χ4n) is 1.63.